The summed E-state index contributed by atoms with van der Waals surface area (Å²) in [6.07, 6.45) is -16.7. The fourth-order valence-corrected chi connectivity index (χ4v) is 0.562. The van der Waals surface area contributed by atoms with Gasteiger partial charge in [0.15, 0.2) is 0 Å². The van der Waals surface area contributed by atoms with Crippen LogP contribution in [0.3, 0.4) is 0 Å². The molecule has 9 heteroatoms. The summed E-state index contributed by atoms with van der Waals surface area (Å²) >= 11 is 0. The van der Waals surface area contributed by atoms with Crippen molar-refractivity contribution in [2.75, 3.05) is 0 Å². The molecular weight excluding hydrogens is 243 g/mol. The molecule has 0 N–H and O–H groups in total. The molecule has 0 saturated heterocycles. The maximum Gasteiger partial charge on any atom is 0.442 e. The summed E-state index contributed by atoms with van der Waals surface area (Å²) in [5.41, 5.74) is 0. The lowest BCUT2D eigenvalue weighted by Crippen LogP contribution is -2.28. The summed E-state index contributed by atoms with van der Waals surface area (Å²) in [4.78, 5) is 0. The summed E-state index contributed by atoms with van der Waals surface area (Å²) < 4.78 is 104. The highest BCUT2D eigenvalue weighted by Crippen LogP contribution is 2.36. The molecule has 0 aromatic carbocycles. The van der Waals surface area contributed by atoms with Crippen LogP contribution in [0.1, 0.15) is 0 Å². The normalized spacial score (nSPS) is 17.1. The number of hydrogen-bond acceptors (Lipinski definition) is 0. The van der Waals surface area contributed by atoms with E-state index in [4.69, 9.17) is 0 Å². The second-order valence-corrected chi connectivity index (χ2v) is 2.41. The van der Waals surface area contributed by atoms with E-state index in [-0.39, 0.29) is 0 Å². The Balaban J connectivity index is 5.00. The van der Waals surface area contributed by atoms with E-state index >= 15 is 0 Å². The SMILES string of the molecule is FC(=CC(C(F)F)C(F)(F)F)C(F)(F)F. The first-order chi connectivity index (χ1) is 6.46. The van der Waals surface area contributed by atoms with E-state index < -0.39 is 36.6 Å². The van der Waals surface area contributed by atoms with Crippen molar-refractivity contribution in [3.05, 3.63) is 11.9 Å². The van der Waals surface area contributed by atoms with Gasteiger partial charge in [0, 0.05) is 0 Å². The number of hydrogen-bond donors (Lipinski definition) is 0. The van der Waals surface area contributed by atoms with E-state index in [1.54, 1.807) is 0 Å². The van der Waals surface area contributed by atoms with Crippen LogP contribution in [0.4, 0.5) is 39.5 Å². The van der Waals surface area contributed by atoms with Crippen LogP contribution in [0.15, 0.2) is 11.9 Å². The molecule has 0 amide bonds. The summed E-state index contributed by atoms with van der Waals surface area (Å²) in [5, 5.41) is 0. The van der Waals surface area contributed by atoms with Crippen LogP contribution in [0.2, 0.25) is 0 Å². The zero-order valence-corrected chi connectivity index (χ0v) is 6.63. The average molecular weight is 246 g/mol. The molecule has 0 saturated carbocycles. The molecule has 0 fully saturated rings. The van der Waals surface area contributed by atoms with Crippen LogP contribution in [-0.2, 0) is 0 Å². The third-order valence-corrected chi connectivity index (χ3v) is 1.25. The highest BCUT2D eigenvalue weighted by atomic mass is 19.4. The molecule has 0 aromatic heterocycles. The van der Waals surface area contributed by atoms with Crippen LogP contribution < -0.4 is 0 Å². The molecule has 0 radical (unpaired) electrons. The van der Waals surface area contributed by atoms with Crippen LogP contribution in [0, 0.1) is 5.92 Å². The van der Waals surface area contributed by atoms with E-state index in [1.165, 1.54) is 0 Å². The van der Waals surface area contributed by atoms with Gasteiger partial charge in [0.25, 0.3) is 6.43 Å². The molecule has 90 valence electrons. The van der Waals surface area contributed by atoms with Crippen molar-refractivity contribution < 1.29 is 39.5 Å². The van der Waals surface area contributed by atoms with Crippen LogP contribution in [0.5, 0.6) is 0 Å². The fraction of sp³-hybridized carbons (Fsp3) is 0.667. The Morgan fingerprint density at radius 2 is 1.33 bits per heavy atom. The number of alkyl halides is 8. The summed E-state index contributed by atoms with van der Waals surface area (Å²) in [5.74, 6) is -6.95. The topological polar surface area (TPSA) is 0 Å². The molecule has 0 rings (SSSR count). The maximum atomic E-state index is 12.0. The number of rotatable bonds is 2. The first-order valence-electron chi connectivity index (χ1n) is 3.25. The van der Waals surface area contributed by atoms with Gasteiger partial charge in [-0.05, 0) is 6.08 Å². The summed E-state index contributed by atoms with van der Waals surface area (Å²) in [7, 11) is 0. The number of halogens is 9. The van der Waals surface area contributed by atoms with Crippen molar-refractivity contribution in [1.82, 2.24) is 0 Å². The van der Waals surface area contributed by atoms with Crippen molar-refractivity contribution in [3.8, 4) is 0 Å². The van der Waals surface area contributed by atoms with E-state index in [1.807, 2.05) is 0 Å². The molecule has 0 aliphatic rings. The fourth-order valence-electron chi connectivity index (χ4n) is 0.562. The second-order valence-electron chi connectivity index (χ2n) is 2.41. The Bertz CT molecular complexity index is 232. The maximum absolute atomic E-state index is 12.0. The Morgan fingerprint density at radius 3 is 1.53 bits per heavy atom. The van der Waals surface area contributed by atoms with Gasteiger partial charge in [0.1, 0.15) is 5.92 Å². The lowest BCUT2D eigenvalue weighted by atomic mass is 10.1. The molecule has 0 aliphatic heterocycles. The van der Waals surface area contributed by atoms with Crippen molar-refractivity contribution in [2.45, 2.75) is 18.8 Å². The highest BCUT2D eigenvalue weighted by Gasteiger charge is 2.47. The van der Waals surface area contributed by atoms with Gasteiger partial charge in [0.05, 0.1) is 0 Å². The minimum Gasteiger partial charge on any atom is -0.209 e. The standard InChI is InChI=1S/C6H3F9/c7-3(6(13,14)15)1-2(4(8)9)5(10,11)12/h1-2,4H. The van der Waals surface area contributed by atoms with E-state index in [9.17, 15) is 39.5 Å². The lowest BCUT2D eigenvalue weighted by Gasteiger charge is -2.16. The van der Waals surface area contributed by atoms with Crippen LogP contribution in [0.25, 0.3) is 0 Å². The minimum absolute atomic E-state index is 1.18. The molecule has 15 heavy (non-hydrogen) atoms. The van der Waals surface area contributed by atoms with E-state index in [0.717, 1.165) is 0 Å². The van der Waals surface area contributed by atoms with Gasteiger partial charge in [-0.3, -0.25) is 0 Å². The second kappa shape index (κ2) is 4.31. The highest BCUT2D eigenvalue weighted by molar-refractivity contribution is 5.04. The molecule has 0 aliphatic carbocycles. The van der Waals surface area contributed by atoms with Crippen LogP contribution >= 0.6 is 0 Å². The van der Waals surface area contributed by atoms with Crippen molar-refractivity contribution in [1.29, 1.82) is 0 Å². The molecule has 0 aromatic rings. The van der Waals surface area contributed by atoms with Crippen molar-refractivity contribution in [2.24, 2.45) is 5.92 Å². The largest absolute Gasteiger partial charge is 0.442 e. The molecule has 1 atom stereocenters. The van der Waals surface area contributed by atoms with Gasteiger partial charge in [-0.2, -0.15) is 26.3 Å². The first-order valence-corrected chi connectivity index (χ1v) is 3.25. The monoisotopic (exact) mass is 246 g/mol. The predicted octanol–water partition coefficient (Wildman–Crippen LogP) is 3.85. The zero-order valence-electron chi connectivity index (χ0n) is 6.63. The number of allylic oxidation sites excluding steroid dienone is 2. The Hall–Kier alpha value is -0.890. The smallest absolute Gasteiger partial charge is 0.209 e. The Labute approximate surface area is 77.4 Å². The molecular formula is C6H3F9. The van der Waals surface area contributed by atoms with Gasteiger partial charge in [-0.15, -0.1) is 0 Å². The summed E-state index contributed by atoms with van der Waals surface area (Å²) in [6, 6.07) is 0. The molecule has 1 unspecified atom stereocenters. The minimum atomic E-state index is -5.70. The molecule has 0 heterocycles. The van der Waals surface area contributed by atoms with Crippen molar-refractivity contribution in [3.63, 3.8) is 0 Å². The molecule has 0 bridgehead atoms. The molecule has 0 nitrogen and oxygen atoms in total. The zero-order chi connectivity index (χ0) is 12.4. The quantitative estimate of drug-likeness (QED) is 0.649. The third kappa shape index (κ3) is 4.43. The summed E-state index contributed by atoms with van der Waals surface area (Å²) in [6.45, 7) is 0. The van der Waals surface area contributed by atoms with Gasteiger partial charge >= 0.3 is 12.4 Å². The predicted molar refractivity (Wildman–Crippen MR) is 30.8 cm³/mol. The Morgan fingerprint density at radius 1 is 0.933 bits per heavy atom. The third-order valence-electron chi connectivity index (χ3n) is 1.25. The van der Waals surface area contributed by atoms with Gasteiger partial charge in [0.2, 0.25) is 5.83 Å². The van der Waals surface area contributed by atoms with Crippen molar-refractivity contribution >= 4 is 0 Å². The Kier molecular flexibility index (Phi) is 4.06. The van der Waals surface area contributed by atoms with Gasteiger partial charge in [-0.25, -0.2) is 13.2 Å². The van der Waals surface area contributed by atoms with Gasteiger partial charge in [-0.1, -0.05) is 0 Å². The average Bonchev–Trinajstić information content (AvgIpc) is 1.94. The van der Waals surface area contributed by atoms with Gasteiger partial charge < -0.3 is 0 Å². The first kappa shape index (κ1) is 14.1. The van der Waals surface area contributed by atoms with Crippen LogP contribution in [-0.4, -0.2) is 18.8 Å². The van der Waals surface area contributed by atoms with E-state index in [0.29, 0.717) is 0 Å². The van der Waals surface area contributed by atoms with E-state index in [2.05, 4.69) is 0 Å². The molecule has 0 spiro atoms. The lowest BCUT2D eigenvalue weighted by molar-refractivity contribution is -0.192.